The highest BCUT2D eigenvalue weighted by molar-refractivity contribution is 7.56. The molecule has 0 aliphatic carbocycles. The van der Waals surface area contributed by atoms with Crippen LogP contribution >= 0.6 is 15.3 Å². The lowest BCUT2D eigenvalue weighted by molar-refractivity contribution is -0.175. The molecule has 3 N–H and O–H groups in total. The molecule has 0 aromatic heterocycles. The van der Waals surface area contributed by atoms with Crippen molar-refractivity contribution in [2.75, 3.05) is 20.3 Å². The van der Waals surface area contributed by atoms with Crippen LogP contribution in [0.3, 0.4) is 0 Å². The maximum absolute atomic E-state index is 13.6. The number of aliphatic hydroxyl groups is 1. The summed E-state index contributed by atoms with van der Waals surface area (Å²) >= 11 is 0. The maximum atomic E-state index is 13.6. The predicted molar refractivity (Wildman–Crippen MR) is 133 cm³/mol. The highest BCUT2D eigenvalue weighted by Gasteiger charge is 2.47. The molecule has 0 aliphatic heterocycles. The number of rotatable bonds is 16. The van der Waals surface area contributed by atoms with Gasteiger partial charge in [0.25, 0.3) is 0 Å². The summed E-state index contributed by atoms with van der Waals surface area (Å²) in [5, 5.41) is 12.9. The number of methoxy groups -OCH3 is 1. The van der Waals surface area contributed by atoms with Crippen LogP contribution < -0.4 is 9.82 Å². The van der Waals surface area contributed by atoms with Gasteiger partial charge in [-0.2, -0.15) is 0 Å². The Hall–Kier alpha value is -1.82. The van der Waals surface area contributed by atoms with Gasteiger partial charge in [0.15, 0.2) is 6.10 Å². The zero-order valence-electron chi connectivity index (χ0n) is 22.0. The van der Waals surface area contributed by atoms with Crippen LogP contribution in [0.4, 0.5) is 0 Å². The molecule has 1 unspecified atom stereocenters. The summed E-state index contributed by atoms with van der Waals surface area (Å²) in [5.41, 5.74) is 0.0708. The molecule has 0 radical (unpaired) electrons. The van der Waals surface area contributed by atoms with Crippen molar-refractivity contribution in [3.63, 3.8) is 0 Å². The fraction of sp³-hybridized carbons (Fsp3) is 0.636. The summed E-state index contributed by atoms with van der Waals surface area (Å²) in [6, 6.07) is 5.71. The molecule has 0 saturated carbocycles. The van der Waals surface area contributed by atoms with Gasteiger partial charge in [-0.1, -0.05) is 12.1 Å². The Labute approximate surface area is 216 Å². The van der Waals surface area contributed by atoms with E-state index in [2.05, 4.69) is 5.09 Å². The molecule has 0 heterocycles. The van der Waals surface area contributed by atoms with E-state index in [1.807, 2.05) is 0 Å². The number of carbonyl (C=O) groups excluding carboxylic acids is 2. The second kappa shape index (κ2) is 14.9. The molecule has 13 nitrogen and oxygen atoms in total. The maximum Gasteiger partial charge on any atom is 0.406 e. The SMILES string of the molecule is CCOP(=O)(N[C@@H](c1ccc(OC)cc1)P(=O)(O)O[C@@H](C(=O)OC(C)C)[C@@H](O)C(=O)OC(C)C)OCC. The second-order valence-corrected chi connectivity index (χ2v) is 11.8. The van der Waals surface area contributed by atoms with Crippen molar-refractivity contribution >= 4 is 27.3 Å². The molecule has 1 aromatic carbocycles. The summed E-state index contributed by atoms with van der Waals surface area (Å²) in [7, 11) is -7.87. The summed E-state index contributed by atoms with van der Waals surface area (Å²) in [5.74, 6) is -3.95. The van der Waals surface area contributed by atoms with Crippen molar-refractivity contribution in [1.29, 1.82) is 0 Å². The molecule has 15 heteroatoms. The first kappa shape index (κ1) is 33.2. The number of ether oxygens (including phenoxy) is 3. The normalized spacial score (nSPS) is 16.1. The standard InChI is InChI=1S/C22H37NO12P2/c1-8-31-37(29,32-9-2)23-20(16-10-12-17(30-7)13-11-16)36(27,28)35-19(22(26)34-15(5)6)18(24)21(25)33-14(3)4/h10-15,18-20,24H,8-9H2,1-7H3,(H,23,29)(H,27,28)/t18-,19-,20-/m1/s1. The van der Waals surface area contributed by atoms with E-state index in [0.29, 0.717) is 5.75 Å². The van der Waals surface area contributed by atoms with Crippen molar-refractivity contribution in [2.45, 2.75) is 71.7 Å². The first-order valence-electron chi connectivity index (χ1n) is 11.6. The first-order chi connectivity index (χ1) is 17.2. The molecule has 1 rings (SSSR count). The lowest BCUT2D eigenvalue weighted by Crippen LogP contribution is -2.44. The molecule has 1 aromatic rings. The molecule has 0 saturated heterocycles. The molecule has 0 amide bonds. The lowest BCUT2D eigenvalue weighted by atomic mass is 10.2. The van der Waals surface area contributed by atoms with Gasteiger partial charge >= 0.3 is 27.3 Å². The fourth-order valence-corrected chi connectivity index (χ4v) is 6.46. The van der Waals surface area contributed by atoms with Crippen molar-refractivity contribution in [3.05, 3.63) is 29.8 Å². The Bertz CT molecular complexity index is 959. The van der Waals surface area contributed by atoms with E-state index in [0.717, 1.165) is 0 Å². The van der Waals surface area contributed by atoms with Gasteiger partial charge < -0.3 is 24.2 Å². The van der Waals surface area contributed by atoms with E-state index < -0.39 is 57.5 Å². The van der Waals surface area contributed by atoms with E-state index in [9.17, 15) is 28.7 Å². The van der Waals surface area contributed by atoms with E-state index in [-0.39, 0.29) is 18.8 Å². The Kier molecular flexibility index (Phi) is 13.4. The zero-order valence-corrected chi connectivity index (χ0v) is 23.8. The minimum atomic E-state index is -5.13. The monoisotopic (exact) mass is 569 g/mol. The molecule has 0 spiro atoms. The van der Waals surface area contributed by atoms with Crippen LogP contribution in [0, 0.1) is 0 Å². The van der Waals surface area contributed by atoms with Crippen LogP contribution in [0.5, 0.6) is 5.75 Å². The topological polar surface area (TPSA) is 176 Å². The minimum absolute atomic E-state index is 0.0701. The van der Waals surface area contributed by atoms with Crippen LogP contribution in [0.25, 0.3) is 0 Å². The minimum Gasteiger partial charge on any atom is -0.497 e. The Balaban J connectivity index is 3.53. The number of nitrogens with one attached hydrogen (secondary N) is 1. The van der Waals surface area contributed by atoms with E-state index in [1.54, 1.807) is 13.8 Å². The third kappa shape index (κ3) is 10.5. The van der Waals surface area contributed by atoms with Crippen LogP contribution in [0.15, 0.2) is 24.3 Å². The average Bonchev–Trinajstić information content (AvgIpc) is 2.80. The largest absolute Gasteiger partial charge is 0.497 e. The third-order valence-corrected chi connectivity index (χ3v) is 7.95. The molecule has 4 atom stereocenters. The number of aliphatic hydroxyl groups excluding tert-OH is 1. The van der Waals surface area contributed by atoms with E-state index >= 15 is 0 Å². The highest BCUT2D eigenvalue weighted by Crippen LogP contribution is 2.61. The average molecular weight is 569 g/mol. The van der Waals surface area contributed by atoms with Crippen molar-refractivity contribution < 1.29 is 56.5 Å². The van der Waals surface area contributed by atoms with Gasteiger partial charge in [-0.3, -0.25) is 18.1 Å². The molecule has 37 heavy (non-hydrogen) atoms. The van der Waals surface area contributed by atoms with Gasteiger partial charge in [0.05, 0.1) is 32.5 Å². The summed E-state index contributed by atoms with van der Waals surface area (Å²) in [6.07, 6.45) is -5.94. The molecule has 0 bridgehead atoms. The Morgan fingerprint density at radius 1 is 0.919 bits per heavy atom. The molecule has 212 valence electrons. The van der Waals surface area contributed by atoms with Crippen LogP contribution in [-0.2, 0) is 41.8 Å². The van der Waals surface area contributed by atoms with Crippen LogP contribution in [0.2, 0.25) is 0 Å². The van der Waals surface area contributed by atoms with Gasteiger partial charge in [-0.05, 0) is 59.2 Å². The van der Waals surface area contributed by atoms with Gasteiger partial charge in [0.2, 0.25) is 6.10 Å². The molecule has 0 aliphatic rings. The number of hydrogen-bond donors (Lipinski definition) is 3. The summed E-state index contributed by atoms with van der Waals surface area (Å²) in [4.78, 5) is 36.1. The van der Waals surface area contributed by atoms with Gasteiger partial charge in [-0.15, -0.1) is 0 Å². The number of benzene rings is 1. The second-order valence-electron chi connectivity index (χ2n) is 8.14. The van der Waals surface area contributed by atoms with Crippen molar-refractivity contribution in [2.24, 2.45) is 0 Å². The van der Waals surface area contributed by atoms with Crippen LogP contribution in [0.1, 0.15) is 52.9 Å². The smallest absolute Gasteiger partial charge is 0.406 e. The zero-order chi connectivity index (χ0) is 28.4. The highest BCUT2D eigenvalue weighted by atomic mass is 31.2. The van der Waals surface area contributed by atoms with Gasteiger partial charge in [0.1, 0.15) is 11.5 Å². The Morgan fingerprint density at radius 2 is 1.41 bits per heavy atom. The first-order valence-corrected chi connectivity index (χ1v) is 14.8. The van der Waals surface area contributed by atoms with Crippen LogP contribution in [-0.4, -0.2) is 66.7 Å². The molecular weight excluding hydrogens is 532 g/mol. The quantitative estimate of drug-likeness (QED) is 0.195. The van der Waals surface area contributed by atoms with Gasteiger partial charge in [-0.25, -0.2) is 19.2 Å². The predicted octanol–water partition coefficient (Wildman–Crippen LogP) is 3.30. The van der Waals surface area contributed by atoms with Gasteiger partial charge in [0, 0.05) is 0 Å². The number of carbonyl (C=O) groups is 2. The summed E-state index contributed by atoms with van der Waals surface area (Å²) < 4.78 is 57.5. The lowest BCUT2D eigenvalue weighted by Gasteiger charge is -2.30. The number of esters is 2. The Morgan fingerprint density at radius 3 is 1.84 bits per heavy atom. The molecular formula is C22H37NO12P2. The third-order valence-electron chi connectivity index (χ3n) is 4.37. The van der Waals surface area contributed by atoms with E-state index in [1.165, 1.54) is 59.1 Å². The molecule has 0 fully saturated rings. The number of hydrogen-bond acceptors (Lipinski definition) is 11. The summed E-state index contributed by atoms with van der Waals surface area (Å²) in [6.45, 7) is 8.94. The van der Waals surface area contributed by atoms with E-state index in [4.69, 9.17) is 27.8 Å². The fourth-order valence-electron chi connectivity index (χ4n) is 2.90. The van der Waals surface area contributed by atoms with Crippen molar-refractivity contribution in [1.82, 2.24) is 5.09 Å². The van der Waals surface area contributed by atoms with Crippen molar-refractivity contribution in [3.8, 4) is 5.75 Å².